The molecule has 1 aromatic rings. The molecule has 0 spiro atoms. The molecule has 1 saturated heterocycles. The standard InChI is InChI=1S/C17H25ClN2O3/c1-23-16-7-6-13(12-15(16)18)19-17(22)8-10-20-9-2-4-14(20)5-3-11-21/h6-7,12,14,21H,2-5,8-11H2,1H3,(H,19,22). The first-order valence-corrected chi connectivity index (χ1v) is 8.50. The van der Waals surface area contributed by atoms with E-state index in [1.54, 1.807) is 25.3 Å². The Kier molecular flexibility index (Phi) is 7.15. The summed E-state index contributed by atoms with van der Waals surface area (Å²) in [4.78, 5) is 14.5. The summed E-state index contributed by atoms with van der Waals surface area (Å²) in [5, 5.41) is 12.3. The van der Waals surface area contributed by atoms with Crippen molar-refractivity contribution < 1.29 is 14.6 Å². The Morgan fingerprint density at radius 2 is 2.35 bits per heavy atom. The quantitative estimate of drug-likeness (QED) is 0.764. The molecule has 0 aromatic heterocycles. The monoisotopic (exact) mass is 340 g/mol. The Labute approximate surface area is 142 Å². The van der Waals surface area contributed by atoms with Crippen LogP contribution in [0.1, 0.15) is 32.1 Å². The van der Waals surface area contributed by atoms with E-state index in [2.05, 4.69) is 10.2 Å². The van der Waals surface area contributed by atoms with Gasteiger partial charge in [0.15, 0.2) is 0 Å². The number of ether oxygens (including phenoxy) is 1. The van der Waals surface area contributed by atoms with E-state index in [-0.39, 0.29) is 12.5 Å². The minimum atomic E-state index is -0.0148. The van der Waals surface area contributed by atoms with Crippen molar-refractivity contribution in [3.63, 3.8) is 0 Å². The lowest BCUT2D eigenvalue weighted by molar-refractivity contribution is -0.116. The normalized spacial score (nSPS) is 18.1. The summed E-state index contributed by atoms with van der Waals surface area (Å²) in [6.45, 7) is 2.03. The number of benzene rings is 1. The molecule has 0 aliphatic carbocycles. The zero-order chi connectivity index (χ0) is 16.7. The Bertz CT molecular complexity index is 525. The van der Waals surface area contributed by atoms with E-state index in [1.807, 2.05) is 0 Å². The number of nitrogens with one attached hydrogen (secondary N) is 1. The van der Waals surface area contributed by atoms with Gasteiger partial charge in [-0.25, -0.2) is 0 Å². The third-order valence-electron chi connectivity index (χ3n) is 4.26. The number of amides is 1. The Morgan fingerprint density at radius 3 is 3.04 bits per heavy atom. The number of aliphatic hydroxyl groups excluding tert-OH is 1. The molecular formula is C17H25ClN2O3. The second-order valence-corrected chi connectivity index (χ2v) is 6.25. The van der Waals surface area contributed by atoms with Crippen molar-refractivity contribution in [1.29, 1.82) is 0 Å². The number of carbonyl (C=O) groups excluding carboxylic acids is 1. The van der Waals surface area contributed by atoms with Crippen LogP contribution >= 0.6 is 11.6 Å². The van der Waals surface area contributed by atoms with Crippen molar-refractivity contribution in [2.24, 2.45) is 0 Å². The predicted octanol–water partition coefficient (Wildman–Crippen LogP) is 2.91. The number of rotatable bonds is 8. The molecule has 1 aromatic carbocycles. The highest BCUT2D eigenvalue weighted by Gasteiger charge is 2.24. The summed E-state index contributed by atoms with van der Waals surface area (Å²) < 4.78 is 5.09. The molecule has 1 heterocycles. The molecule has 6 heteroatoms. The summed E-state index contributed by atoms with van der Waals surface area (Å²) >= 11 is 6.06. The molecule has 1 amide bonds. The molecule has 0 saturated carbocycles. The molecule has 0 bridgehead atoms. The fourth-order valence-corrected chi connectivity index (χ4v) is 3.31. The summed E-state index contributed by atoms with van der Waals surface area (Å²) in [5.74, 6) is 0.576. The largest absolute Gasteiger partial charge is 0.495 e. The van der Waals surface area contributed by atoms with Crippen molar-refractivity contribution in [2.45, 2.75) is 38.1 Å². The third-order valence-corrected chi connectivity index (χ3v) is 4.55. The first-order chi connectivity index (χ1) is 11.1. The molecule has 1 unspecified atom stereocenters. The maximum absolute atomic E-state index is 12.1. The van der Waals surface area contributed by atoms with E-state index in [4.69, 9.17) is 21.4 Å². The number of carbonyl (C=O) groups is 1. The smallest absolute Gasteiger partial charge is 0.225 e. The molecule has 1 atom stereocenters. The van der Waals surface area contributed by atoms with Crippen molar-refractivity contribution in [1.82, 2.24) is 4.90 Å². The van der Waals surface area contributed by atoms with Gasteiger partial charge in [-0.3, -0.25) is 9.69 Å². The van der Waals surface area contributed by atoms with Crippen molar-refractivity contribution in [2.75, 3.05) is 32.1 Å². The van der Waals surface area contributed by atoms with Gasteiger partial charge in [0, 0.05) is 31.3 Å². The average molecular weight is 341 g/mol. The summed E-state index contributed by atoms with van der Waals surface area (Å²) in [6.07, 6.45) is 4.63. The highest BCUT2D eigenvalue weighted by molar-refractivity contribution is 6.32. The zero-order valence-electron chi connectivity index (χ0n) is 13.6. The Hall–Kier alpha value is -1.30. The van der Waals surface area contributed by atoms with Gasteiger partial charge >= 0.3 is 0 Å². The van der Waals surface area contributed by atoms with Crippen molar-refractivity contribution in [3.8, 4) is 5.75 Å². The first kappa shape index (κ1) is 18.0. The zero-order valence-corrected chi connectivity index (χ0v) is 14.3. The minimum absolute atomic E-state index is 0.0148. The van der Waals surface area contributed by atoms with E-state index in [9.17, 15) is 4.79 Å². The van der Waals surface area contributed by atoms with Gasteiger partial charge < -0.3 is 15.2 Å². The molecule has 128 valence electrons. The minimum Gasteiger partial charge on any atom is -0.495 e. The van der Waals surface area contributed by atoms with Gasteiger partial charge in [0.2, 0.25) is 5.91 Å². The van der Waals surface area contributed by atoms with Crippen molar-refractivity contribution >= 4 is 23.2 Å². The number of methoxy groups -OCH3 is 1. The number of anilines is 1. The van der Waals surface area contributed by atoms with E-state index in [0.717, 1.165) is 32.4 Å². The van der Waals surface area contributed by atoms with E-state index in [1.165, 1.54) is 6.42 Å². The lowest BCUT2D eigenvalue weighted by Crippen LogP contribution is -2.32. The third kappa shape index (κ3) is 5.37. The number of halogens is 1. The number of hydrogen-bond donors (Lipinski definition) is 2. The van der Waals surface area contributed by atoms with Crippen LogP contribution in [0.25, 0.3) is 0 Å². The van der Waals surface area contributed by atoms with Gasteiger partial charge in [-0.1, -0.05) is 11.6 Å². The van der Waals surface area contributed by atoms with Crippen molar-refractivity contribution in [3.05, 3.63) is 23.2 Å². The summed E-state index contributed by atoms with van der Waals surface area (Å²) in [6, 6.07) is 5.72. The first-order valence-electron chi connectivity index (χ1n) is 8.12. The molecule has 1 fully saturated rings. The maximum Gasteiger partial charge on any atom is 0.225 e. The maximum atomic E-state index is 12.1. The molecule has 2 N–H and O–H groups in total. The molecule has 1 aliphatic rings. The van der Waals surface area contributed by atoms with Gasteiger partial charge in [-0.15, -0.1) is 0 Å². The fourth-order valence-electron chi connectivity index (χ4n) is 3.06. The van der Waals surface area contributed by atoms with Gasteiger partial charge in [0.1, 0.15) is 5.75 Å². The number of hydrogen-bond acceptors (Lipinski definition) is 4. The molecule has 5 nitrogen and oxygen atoms in total. The number of likely N-dealkylation sites (tertiary alicyclic amines) is 1. The van der Waals surface area contributed by atoms with Crippen LogP contribution in [0, 0.1) is 0 Å². The van der Waals surface area contributed by atoms with Gasteiger partial charge in [-0.2, -0.15) is 0 Å². The highest BCUT2D eigenvalue weighted by Crippen LogP contribution is 2.27. The van der Waals surface area contributed by atoms with Crippen LogP contribution in [0.15, 0.2) is 18.2 Å². The van der Waals surface area contributed by atoms with Crippen LogP contribution in [0.3, 0.4) is 0 Å². The predicted molar refractivity (Wildman–Crippen MR) is 92.2 cm³/mol. The summed E-state index contributed by atoms with van der Waals surface area (Å²) in [5.41, 5.74) is 0.680. The van der Waals surface area contributed by atoms with Gasteiger partial charge in [0.05, 0.1) is 12.1 Å². The average Bonchev–Trinajstić information content (AvgIpc) is 2.98. The van der Waals surface area contributed by atoms with E-state index < -0.39 is 0 Å². The van der Waals surface area contributed by atoms with Gasteiger partial charge in [-0.05, 0) is 50.4 Å². The second kappa shape index (κ2) is 9.11. The molecule has 0 radical (unpaired) electrons. The molecule has 1 aliphatic heterocycles. The van der Waals surface area contributed by atoms with E-state index >= 15 is 0 Å². The Morgan fingerprint density at radius 1 is 1.52 bits per heavy atom. The van der Waals surface area contributed by atoms with Crippen LogP contribution in [-0.2, 0) is 4.79 Å². The fraction of sp³-hybridized carbons (Fsp3) is 0.588. The van der Waals surface area contributed by atoms with Crippen LogP contribution in [0.4, 0.5) is 5.69 Å². The van der Waals surface area contributed by atoms with Gasteiger partial charge in [0.25, 0.3) is 0 Å². The molecule has 2 rings (SSSR count). The molecular weight excluding hydrogens is 316 g/mol. The highest BCUT2D eigenvalue weighted by atomic mass is 35.5. The van der Waals surface area contributed by atoms with Crippen LogP contribution < -0.4 is 10.1 Å². The number of nitrogens with zero attached hydrogens (tertiary/aromatic N) is 1. The Balaban J connectivity index is 1.79. The lowest BCUT2D eigenvalue weighted by atomic mass is 10.1. The SMILES string of the molecule is COc1ccc(NC(=O)CCN2CCCC2CCCO)cc1Cl. The van der Waals surface area contributed by atoms with Crippen LogP contribution in [-0.4, -0.2) is 48.8 Å². The van der Waals surface area contributed by atoms with Crippen LogP contribution in [0.2, 0.25) is 5.02 Å². The lowest BCUT2D eigenvalue weighted by Gasteiger charge is -2.23. The second-order valence-electron chi connectivity index (χ2n) is 5.85. The number of aliphatic hydroxyl groups is 1. The molecule has 23 heavy (non-hydrogen) atoms. The topological polar surface area (TPSA) is 61.8 Å². The van der Waals surface area contributed by atoms with E-state index in [0.29, 0.717) is 28.9 Å². The van der Waals surface area contributed by atoms with Crippen LogP contribution in [0.5, 0.6) is 5.75 Å². The summed E-state index contributed by atoms with van der Waals surface area (Å²) in [7, 11) is 1.56.